The monoisotopic (exact) mass is 162 g/mol. The molecule has 0 bridgehead atoms. The van der Waals surface area contributed by atoms with Gasteiger partial charge in [0.25, 0.3) is 0 Å². The number of aromatic nitrogens is 1. The molecule has 0 radical (unpaired) electrons. The van der Waals surface area contributed by atoms with Crippen molar-refractivity contribution in [1.29, 1.82) is 0 Å². The normalized spacial score (nSPS) is 12.5. The van der Waals surface area contributed by atoms with Gasteiger partial charge in [-0.15, -0.1) is 6.58 Å². The lowest BCUT2D eigenvalue weighted by atomic mass is 10.0. The molecule has 1 aromatic rings. The van der Waals surface area contributed by atoms with Crippen LogP contribution in [-0.4, -0.2) is 4.98 Å². The first kappa shape index (κ1) is 8.94. The molecule has 2 N–H and O–H groups in total. The molecule has 0 aliphatic heterocycles. The number of aryl methyl sites for hydroxylation is 1. The van der Waals surface area contributed by atoms with Crippen molar-refractivity contribution in [2.45, 2.75) is 19.4 Å². The summed E-state index contributed by atoms with van der Waals surface area (Å²) in [4.78, 5) is 4.01. The number of hydrogen-bond acceptors (Lipinski definition) is 2. The number of hydrogen-bond donors (Lipinski definition) is 1. The van der Waals surface area contributed by atoms with Crippen molar-refractivity contribution in [3.63, 3.8) is 0 Å². The fraction of sp³-hybridized carbons (Fsp3) is 0.300. The Morgan fingerprint density at radius 2 is 2.50 bits per heavy atom. The molecule has 2 heteroatoms. The van der Waals surface area contributed by atoms with Gasteiger partial charge in [-0.1, -0.05) is 6.08 Å². The minimum Gasteiger partial charge on any atom is -0.324 e. The second-order valence-electron chi connectivity index (χ2n) is 2.86. The van der Waals surface area contributed by atoms with Gasteiger partial charge >= 0.3 is 0 Å². The molecule has 0 aliphatic rings. The summed E-state index contributed by atoms with van der Waals surface area (Å²) in [6.07, 6.45) is 6.25. The van der Waals surface area contributed by atoms with E-state index in [4.69, 9.17) is 5.73 Å². The molecule has 64 valence electrons. The summed E-state index contributed by atoms with van der Waals surface area (Å²) in [6, 6.07) is 2.02. The van der Waals surface area contributed by atoms with E-state index in [0.29, 0.717) is 0 Å². The zero-order chi connectivity index (χ0) is 8.97. The maximum Gasteiger partial charge on any atom is 0.0333 e. The quantitative estimate of drug-likeness (QED) is 0.690. The van der Waals surface area contributed by atoms with E-state index in [1.54, 1.807) is 6.20 Å². The maximum absolute atomic E-state index is 5.91. The summed E-state index contributed by atoms with van der Waals surface area (Å²) >= 11 is 0. The SMILES string of the molecule is C=CCC(N)c1ccncc1C. The van der Waals surface area contributed by atoms with Crippen molar-refractivity contribution in [3.05, 3.63) is 42.2 Å². The highest BCUT2D eigenvalue weighted by atomic mass is 14.7. The second-order valence-corrected chi connectivity index (χ2v) is 2.86. The van der Waals surface area contributed by atoms with Crippen LogP contribution in [0.3, 0.4) is 0 Å². The van der Waals surface area contributed by atoms with E-state index in [2.05, 4.69) is 11.6 Å². The third kappa shape index (κ3) is 1.92. The minimum atomic E-state index is 0.0606. The second kappa shape index (κ2) is 4.02. The lowest BCUT2D eigenvalue weighted by molar-refractivity contribution is 0.734. The van der Waals surface area contributed by atoms with E-state index in [1.807, 2.05) is 25.3 Å². The molecule has 1 atom stereocenters. The van der Waals surface area contributed by atoms with Gasteiger partial charge in [-0.3, -0.25) is 4.98 Å². The first-order chi connectivity index (χ1) is 5.75. The van der Waals surface area contributed by atoms with E-state index in [9.17, 15) is 0 Å². The van der Waals surface area contributed by atoms with Gasteiger partial charge in [-0.05, 0) is 30.5 Å². The third-order valence-corrected chi connectivity index (χ3v) is 1.88. The lowest BCUT2D eigenvalue weighted by Crippen LogP contribution is -2.10. The van der Waals surface area contributed by atoms with E-state index in [0.717, 1.165) is 17.5 Å². The van der Waals surface area contributed by atoms with Crippen LogP contribution in [0, 0.1) is 6.92 Å². The average Bonchev–Trinajstić information content (AvgIpc) is 2.05. The highest BCUT2D eigenvalue weighted by Crippen LogP contribution is 2.16. The smallest absolute Gasteiger partial charge is 0.0333 e. The fourth-order valence-electron chi connectivity index (χ4n) is 1.21. The van der Waals surface area contributed by atoms with Crippen molar-refractivity contribution in [3.8, 4) is 0 Å². The summed E-state index contributed by atoms with van der Waals surface area (Å²) < 4.78 is 0. The molecule has 12 heavy (non-hydrogen) atoms. The van der Waals surface area contributed by atoms with Crippen LogP contribution in [0.2, 0.25) is 0 Å². The molecule has 2 nitrogen and oxygen atoms in total. The summed E-state index contributed by atoms with van der Waals surface area (Å²) in [5, 5.41) is 0. The van der Waals surface area contributed by atoms with Gasteiger partial charge in [0.1, 0.15) is 0 Å². The Balaban J connectivity index is 2.86. The van der Waals surface area contributed by atoms with Crippen LogP contribution in [-0.2, 0) is 0 Å². The molecule has 0 amide bonds. The Kier molecular flexibility index (Phi) is 3.00. The summed E-state index contributed by atoms with van der Waals surface area (Å²) in [7, 11) is 0. The van der Waals surface area contributed by atoms with Crippen LogP contribution in [0.5, 0.6) is 0 Å². The van der Waals surface area contributed by atoms with Crippen molar-refractivity contribution >= 4 is 0 Å². The summed E-state index contributed by atoms with van der Waals surface area (Å²) in [6.45, 7) is 5.68. The van der Waals surface area contributed by atoms with Gasteiger partial charge in [-0.2, -0.15) is 0 Å². The summed E-state index contributed by atoms with van der Waals surface area (Å²) in [5.41, 5.74) is 8.21. The Morgan fingerprint density at radius 3 is 3.08 bits per heavy atom. The topological polar surface area (TPSA) is 38.9 Å². The van der Waals surface area contributed by atoms with Crippen LogP contribution < -0.4 is 5.73 Å². The predicted molar refractivity (Wildman–Crippen MR) is 50.7 cm³/mol. The van der Waals surface area contributed by atoms with Gasteiger partial charge in [-0.25, -0.2) is 0 Å². The molecule has 1 heterocycles. The van der Waals surface area contributed by atoms with E-state index >= 15 is 0 Å². The molecule has 0 aliphatic carbocycles. The maximum atomic E-state index is 5.91. The molecule has 0 saturated heterocycles. The predicted octanol–water partition coefficient (Wildman–Crippen LogP) is 1.97. The molecule has 0 spiro atoms. The fourth-order valence-corrected chi connectivity index (χ4v) is 1.21. The Hall–Kier alpha value is -1.15. The molecule has 0 aromatic carbocycles. The zero-order valence-electron chi connectivity index (χ0n) is 7.33. The third-order valence-electron chi connectivity index (χ3n) is 1.88. The molecule has 1 aromatic heterocycles. The standard InChI is InChI=1S/C10H14N2/c1-3-4-10(11)9-5-6-12-7-8(9)2/h3,5-7,10H,1,4,11H2,2H3. The highest BCUT2D eigenvalue weighted by molar-refractivity contribution is 5.25. The largest absolute Gasteiger partial charge is 0.324 e. The number of rotatable bonds is 3. The molecule has 0 saturated carbocycles. The van der Waals surface area contributed by atoms with E-state index in [1.165, 1.54) is 0 Å². The number of nitrogens with two attached hydrogens (primary N) is 1. The first-order valence-corrected chi connectivity index (χ1v) is 4.02. The Bertz CT molecular complexity index is 268. The molecule has 0 fully saturated rings. The Morgan fingerprint density at radius 1 is 1.75 bits per heavy atom. The number of nitrogens with zero attached hydrogens (tertiary/aromatic N) is 1. The Labute approximate surface area is 73.1 Å². The van der Waals surface area contributed by atoms with Crippen LogP contribution in [0.1, 0.15) is 23.6 Å². The van der Waals surface area contributed by atoms with Gasteiger partial charge in [0, 0.05) is 18.4 Å². The van der Waals surface area contributed by atoms with Crippen molar-refractivity contribution in [2.24, 2.45) is 5.73 Å². The van der Waals surface area contributed by atoms with Crippen molar-refractivity contribution in [1.82, 2.24) is 4.98 Å². The van der Waals surface area contributed by atoms with Gasteiger partial charge in [0.2, 0.25) is 0 Å². The molecule has 1 unspecified atom stereocenters. The minimum absolute atomic E-state index is 0.0606. The van der Waals surface area contributed by atoms with Crippen LogP contribution >= 0.6 is 0 Å². The molecular formula is C10H14N2. The van der Waals surface area contributed by atoms with Gasteiger partial charge < -0.3 is 5.73 Å². The van der Waals surface area contributed by atoms with E-state index in [-0.39, 0.29) is 6.04 Å². The average molecular weight is 162 g/mol. The van der Waals surface area contributed by atoms with Gasteiger partial charge in [0.05, 0.1) is 0 Å². The van der Waals surface area contributed by atoms with Crippen LogP contribution in [0.4, 0.5) is 0 Å². The van der Waals surface area contributed by atoms with Crippen molar-refractivity contribution < 1.29 is 0 Å². The lowest BCUT2D eigenvalue weighted by Gasteiger charge is -2.11. The van der Waals surface area contributed by atoms with Crippen LogP contribution in [0.25, 0.3) is 0 Å². The van der Waals surface area contributed by atoms with Gasteiger partial charge in [0.15, 0.2) is 0 Å². The zero-order valence-corrected chi connectivity index (χ0v) is 7.33. The number of pyridine rings is 1. The van der Waals surface area contributed by atoms with Crippen LogP contribution in [0.15, 0.2) is 31.1 Å². The van der Waals surface area contributed by atoms with E-state index < -0.39 is 0 Å². The molecular weight excluding hydrogens is 148 g/mol. The molecule has 1 rings (SSSR count). The summed E-state index contributed by atoms with van der Waals surface area (Å²) in [5.74, 6) is 0. The van der Waals surface area contributed by atoms with Crippen molar-refractivity contribution in [2.75, 3.05) is 0 Å². The highest BCUT2D eigenvalue weighted by Gasteiger charge is 2.05. The first-order valence-electron chi connectivity index (χ1n) is 4.02.